The minimum absolute atomic E-state index is 0.477. The van der Waals surface area contributed by atoms with E-state index < -0.39 is 54.2 Å². The van der Waals surface area contributed by atoms with Crippen LogP contribution in [0.2, 0.25) is 0 Å². The van der Waals surface area contributed by atoms with Gasteiger partial charge in [0.05, 0.1) is 12.2 Å². The van der Waals surface area contributed by atoms with E-state index in [1.807, 2.05) is 6.92 Å². The molecule has 0 fully saturated rings. The third-order valence-corrected chi connectivity index (χ3v) is 5.40. The number of benzene rings is 2. The summed E-state index contributed by atoms with van der Waals surface area (Å²) in [6.07, 6.45) is -3.83. The van der Waals surface area contributed by atoms with Gasteiger partial charge in [0, 0.05) is 0 Å². The predicted octanol–water partition coefficient (Wildman–Crippen LogP) is 8.13. The van der Waals surface area contributed by atoms with Crippen LogP contribution in [0.25, 0.3) is 11.1 Å². The van der Waals surface area contributed by atoms with Crippen LogP contribution in [0.3, 0.4) is 0 Å². The van der Waals surface area contributed by atoms with E-state index >= 15 is 0 Å². The van der Waals surface area contributed by atoms with Gasteiger partial charge in [0.25, 0.3) is 0 Å². The van der Waals surface area contributed by atoms with Crippen LogP contribution in [0.1, 0.15) is 30.1 Å². The van der Waals surface area contributed by atoms with Crippen LogP contribution in [-0.2, 0) is 4.74 Å². The lowest BCUT2D eigenvalue weighted by Gasteiger charge is -2.38. The summed E-state index contributed by atoms with van der Waals surface area (Å²) in [5.41, 5.74) is 0.525. The van der Waals surface area contributed by atoms with Crippen molar-refractivity contribution < 1.29 is 67.0 Å². The smallest absolute Gasteiger partial charge is 0.384 e. The van der Waals surface area contributed by atoms with E-state index in [1.165, 1.54) is 12.1 Å². The summed E-state index contributed by atoms with van der Waals surface area (Å²) in [5.74, 6) is -37.3. The molecule has 0 aromatic heterocycles. The highest BCUT2D eigenvalue weighted by Gasteiger charge is 2.87. The second-order valence-electron chi connectivity index (χ2n) is 8.23. The Kier molecular flexibility index (Phi) is 9.50. The fourth-order valence-electron chi connectivity index (χ4n) is 2.98. The van der Waals surface area contributed by atoms with Gasteiger partial charge in [-0.3, -0.25) is 0 Å². The molecule has 218 valence electrons. The van der Waals surface area contributed by atoms with Gasteiger partial charge in [-0.25, -0.2) is 13.6 Å². The number of rotatable bonds is 13. The number of unbranched alkanes of at least 4 members (excludes halogenated alkanes) is 1. The second-order valence-corrected chi connectivity index (χ2v) is 8.23. The van der Waals surface area contributed by atoms with Crippen molar-refractivity contribution in [2.45, 2.75) is 55.8 Å². The van der Waals surface area contributed by atoms with Crippen molar-refractivity contribution in [3.63, 3.8) is 0 Å². The monoisotopic (exact) mass is 584 g/mol. The molecular weight excluding hydrogens is 564 g/mol. The highest BCUT2D eigenvalue weighted by molar-refractivity contribution is 5.90. The van der Waals surface area contributed by atoms with Gasteiger partial charge >= 0.3 is 42.0 Å². The number of ether oxygens (including phenoxy) is 2. The molecule has 0 unspecified atom stereocenters. The first-order valence-electron chi connectivity index (χ1n) is 11.0. The molecule has 2 aromatic carbocycles. The largest absolute Gasteiger partial charge is 0.494 e. The molecule has 0 bridgehead atoms. The van der Waals surface area contributed by atoms with E-state index in [0.29, 0.717) is 23.5 Å². The molecule has 0 heterocycles. The first-order valence-corrected chi connectivity index (χ1v) is 11.0. The Labute approximate surface area is 213 Å². The molecule has 0 saturated heterocycles. The van der Waals surface area contributed by atoms with Crippen LogP contribution in [0, 0.1) is 0 Å². The maximum absolute atomic E-state index is 13.8. The third-order valence-electron chi connectivity index (χ3n) is 5.40. The van der Waals surface area contributed by atoms with E-state index in [2.05, 4.69) is 4.74 Å². The number of hydrogen-bond donors (Lipinski definition) is 0. The van der Waals surface area contributed by atoms with E-state index in [1.54, 1.807) is 24.3 Å². The SMILES string of the molecule is CCCCOc1ccc(-c2ccc(C(=O)OCC(F)(F)C(F)(F)C(F)(F)C(F)(F)C(F)(F)C(F)F)cc2)cc1. The molecule has 2 aromatic rings. The summed E-state index contributed by atoms with van der Waals surface area (Å²) in [6, 6.07) is 11.1. The second kappa shape index (κ2) is 11.5. The maximum Gasteiger partial charge on any atom is 0.384 e. The highest BCUT2D eigenvalue weighted by atomic mass is 19.4. The zero-order valence-corrected chi connectivity index (χ0v) is 19.8. The summed E-state index contributed by atoms with van der Waals surface area (Å²) >= 11 is 0. The van der Waals surface area contributed by atoms with Gasteiger partial charge in [0.15, 0.2) is 6.61 Å². The topological polar surface area (TPSA) is 35.5 Å². The molecule has 0 aliphatic heterocycles. The number of hydrogen-bond acceptors (Lipinski definition) is 3. The summed E-state index contributed by atoms with van der Waals surface area (Å²) in [5, 5.41) is 0. The zero-order valence-electron chi connectivity index (χ0n) is 19.8. The van der Waals surface area contributed by atoms with Gasteiger partial charge in [0.1, 0.15) is 5.75 Å². The van der Waals surface area contributed by atoms with Crippen molar-refractivity contribution >= 4 is 5.97 Å². The number of esters is 1. The van der Waals surface area contributed by atoms with Crippen LogP contribution in [-0.4, -0.2) is 55.2 Å². The summed E-state index contributed by atoms with van der Waals surface area (Å²) in [6.45, 7) is -0.484. The van der Waals surface area contributed by atoms with Gasteiger partial charge in [-0.05, 0) is 41.8 Å². The zero-order chi connectivity index (χ0) is 29.9. The lowest BCUT2D eigenvalue weighted by molar-refractivity contribution is -0.414. The standard InChI is InChI=1S/C24H20F12O3/c1-2-3-12-38-17-10-8-15(9-11-17)14-4-6-16(7-5-14)18(37)39-13-20(27,28)22(31,32)24(35,36)23(33,34)21(29,30)19(25)26/h4-11,19H,2-3,12-13H2,1H3. The van der Waals surface area contributed by atoms with Gasteiger partial charge < -0.3 is 9.47 Å². The molecule has 0 atom stereocenters. The molecule has 2 rings (SSSR count). The summed E-state index contributed by atoms with van der Waals surface area (Å²) in [7, 11) is 0. The fraction of sp³-hybridized carbons (Fsp3) is 0.458. The molecule has 0 radical (unpaired) electrons. The number of halogens is 12. The molecule has 0 spiro atoms. The van der Waals surface area contributed by atoms with E-state index in [-0.39, 0.29) is 0 Å². The third kappa shape index (κ3) is 6.21. The molecule has 0 saturated carbocycles. The molecule has 0 amide bonds. The Morgan fingerprint density at radius 3 is 1.69 bits per heavy atom. The van der Waals surface area contributed by atoms with Gasteiger partial charge in [-0.1, -0.05) is 37.6 Å². The Morgan fingerprint density at radius 1 is 0.744 bits per heavy atom. The predicted molar refractivity (Wildman–Crippen MR) is 113 cm³/mol. The van der Waals surface area contributed by atoms with Gasteiger partial charge in [-0.2, -0.15) is 43.9 Å². The first kappa shape index (κ1) is 32.1. The maximum atomic E-state index is 13.8. The molecule has 0 N–H and O–H groups in total. The van der Waals surface area contributed by atoms with E-state index in [9.17, 15) is 57.5 Å². The van der Waals surface area contributed by atoms with Crippen molar-refractivity contribution in [3.05, 3.63) is 54.1 Å². The van der Waals surface area contributed by atoms with E-state index in [0.717, 1.165) is 25.0 Å². The molecule has 0 aliphatic carbocycles. The lowest BCUT2D eigenvalue weighted by atomic mass is 9.94. The van der Waals surface area contributed by atoms with Crippen molar-refractivity contribution in [1.29, 1.82) is 0 Å². The van der Waals surface area contributed by atoms with Crippen LogP contribution in [0.4, 0.5) is 52.7 Å². The van der Waals surface area contributed by atoms with Gasteiger partial charge in [-0.15, -0.1) is 0 Å². The minimum atomic E-state index is -7.69. The molecule has 3 nitrogen and oxygen atoms in total. The first-order chi connectivity index (χ1) is 17.8. The fourth-order valence-corrected chi connectivity index (χ4v) is 2.98. The molecule has 39 heavy (non-hydrogen) atoms. The van der Waals surface area contributed by atoms with E-state index in [4.69, 9.17) is 4.74 Å². The Balaban J connectivity index is 2.13. The quantitative estimate of drug-likeness (QED) is 0.136. The summed E-state index contributed by atoms with van der Waals surface area (Å²) in [4.78, 5) is 12.0. The summed E-state index contributed by atoms with van der Waals surface area (Å²) < 4.78 is 168. The normalized spacial score (nSPS) is 13.5. The number of carbonyl (C=O) groups excluding carboxylic acids is 1. The highest BCUT2D eigenvalue weighted by Crippen LogP contribution is 2.58. The Morgan fingerprint density at radius 2 is 1.23 bits per heavy atom. The van der Waals surface area contributed by atoms with Crippen molar-refractivity contribution in [1.82, 2.24) is 0 Å². The molecular formula is C24H20F12O3. The van der Waals surface area contributed by atoms with Gasteiger partial charge in [0.2, 0.25) is 0 Å². The average Bonchev–Trinajstić information content (AvgIpc) is 2.87. The number of alkyl halides is 12. The Hall–Kier alpha value is -3.13. The van der Waals surface area contributed by atoms with Crippen LogP contribution in [0.5, 0.6) is 5.75 Å². The molecule has 0 aliphatic rings. The van der Waals surface area contributed by atoms with Crippen molar-refractivity contribution in [2.75, 3.05) is 13.2 Å². The van der Waals surface area contributed by atoms with Crippen molar-refractivity contribution in [2.24, 2.45) is 0 Å². The van der Waals surface area contributed by atoms with Crippen LogP contribution >= 0.6 is 0 Å². The molecule has 15 heteroatoms. The Bertz CT molecular complexity index is 1100. The van der Waals surface area contributed by atoms with Crippen LogP contribution in [0.15, 0.2) is 48.5 Å². The lowest BCUT2D eigenvalue weighted by Crippen LogP contribution is -2.69. The van der Waals surface area contributed by atoms with Crippen molar-refractivity contribution in [3.8, 4) is 16.9 Å². The van der Waals surface area contributed by atoms with Crippen LogP contribution < -0.4 is 4.74 Å². The minimum Gasteiger partial charge on any atom is -0.494 e. The average molecular weight is 584 g/mol. The number of carbonyl (C=O) groups is 1.